The second-order valence-electron chi connectivity index (χ2n) is 5.18. The summed E-state index contributed by atoms with van der Waals surface area (Å²) < 4.78 is 0. The van der Waals surface area contributed by atoms with E-state index in [0.29, 0.717) is 0 Å². The molecule has 0 bridgehead atoms. The molecule has 1 saturated heterocycles. The lowest BCUT2D eigenvalue weighted by molar-refractivity contribution is 0.299. The molecule has 4 heteroatoms. The van der Waals surface area contributed by atoms with Crippen molar-refractivity contribution in [2.24, 2.45) is 16.8 Å². The third-order valence-corrected chi connectivity index (χ3v) is 4.69. The highest BCUT2D eigenvalue weighted by molar-refractivity contribution is 7.98. The van der Waals surface area contributed by atoms with Gasteiger partial charge in [-0.05, 0) is 30.9 Å². The van der Waals surface area contributed by atoms with Crippen molar-refractivity contribution in [1.82, 2.24) is 10.2 Å². The predicted octanol–water partition coefficient (Wildman–Crippen LogP) is 2.05. The first-order chi connectivity index (χ1) is 8.35. The molecule has 2 aliphatic rings. The number of likely N-dealkylation sites (tertiary alicyclic amines) is 1. The molecule has 98 valence electrons. The van der Waals surface area contributed by atoms with E-state index in [4.69, 9.17) is 0 Å². The van der Waals surface area contributed by atoms with E-state index in [1.165, 1.54) is 38.8 Å². The second-order valence-corrected chi connectivity index (χ2v) is 6.16. The summed E-state index contributed by atoms with van der Waals surface area (Å²) in [5.74, 6) is 4.14. The zero-order chi connectivity index (χ0) is 12.1. The number of rotatable bonds is 3. The highest BCUT2D eigenvalue weighted by Gasteiger charge is 2.35. The van der Waals surface area contributed by atoms with Crippen LogP contribution < -0.4 is 5.32 Å². The molecule has 2 fully saturated rings. The van der Waals surface area contributed by atoms with E-state index in [0.717, 1.165) is 30.1 Å². The molecule has 2 unspecified atom stereocenters. The highest BCUT2D eigenvalue weighted by atomic mass is 32.2. The van der Waals surface area contributed by atoms with Crippen LogP contribution in [0.2, 0.25) is 0 Å². The molecule has 0 aromatic rings. The zero-order valence-corrected chi connectivity index (χ0v) is 11.9. The van der Waals surface area contributed by atoms with E-state index in [2.05, 4.69) is 21.5 Å². The molecule has 1 heterocycles. The smallest absolute Gasteiger partial charge is 0.193 e. The van der Waals surface area contributed by atoms with Gasteiger partial charge >= 0.3 is 0 Å². The van der Waals surface area contributed by atoms with Crippen LogP contribution >= 0.6 is 11.8 Å². The molecule has 17 heavy (non-hydrogen) atoms. The molecular weight excluding hydrogens is 230 g/mol. The first-order valence-corrected chi connectivity index (χ1v) is 8.19. The Kier molecular flexibility index (Phi) is 5.01. The largest absolute Gasteiger partial charge is 0.355 e. The molecule has 2 rings (SSSR count). The monoisotopic (exact) mass is 255 g/mol. The van der Waals surface area contributed by atoms with Gasteiger partial charge in [-0.1, -0.05) is 12.8 Å². The molecule has 0 amide bonds. The van der Waals surface area contributed by atoms with E-state index >= 15 is 0 Å². The minimum absolute atomic E-state index is 0.933. The van der Waals surface area contributed by atoms with Crippen LogP contribution in [0.3, 0.4) is 0 Å². The van der Waals surface area contributed by atoms with Crippen molar-refractivity contribution < 1.29 is 0 Å². The van der Waals surface area contributed by atoms with Crippen molar-refractivity contribution in [2.75, 3.05) is 38.7 Å². The fourth-order valence-electron chi connectivity index (χ4n) is 3.18. The average molecular weight is 255 g/mol. The van der Waals surface area contributed by atoms with Crippen molar-refractivity contribution in [1.29, 1.82) is 0 Å². The van der Waals surface area contributed by atoms with Crippen LogP contribution in [-0.2, 0) is 0 Å². The average Bonchev–Trinajstić information content (AvgIpc) is 2.78. The van der Waals surface area contributed by atoms with Crippen LogP contribution in [0.1, 0.15) is 25.7 Å². The van der Waals surface area contributed by atoms with Gasteiger partial charge in [0.15, 0.2) is 5.96 Å². The maximum atomic E-state index is 4.42. The van der Waals surface area contributed by atoms with Crippen LogP contribution in [0, 0.1) is 11.8 Å². The molecule has 0 aromatic heterocycles. The number of nitrogens with one attached hydrogen (secondary N) is 1. The van der Waals surface area contributed by atoms with Gasteiger partial charge in [0, 0.05) is 32.4 Å². The number of hydrogen-bond acceptors (Lipinski definition) is 2. The van der Waals surface area contributed by atoms with Gasteiger partial charge in [0.2, 0.25) is 0 Å². The molecule has 1 saturated carbocycles. The highest BCUT2D eigenvalue weighted by Crippen LogP contribution is 2.35. The molecule has 1 N–H and O–H groups in total. The summed E-state index contributed by atoms with van der Waals surface area (Å²) in [6, 6.07) is 0. The van der Waals surface area contributed by atoms with E-state index in [-0.39, 0.29) is 0 Å². The number of hydrogen-bond donors (Lipinski definition) is 1. The van der Waals surface area contributed by atoms with Gasteiger partial charge in [0.05, 0.1) is 0 Å². The molecule has 1 aliphatic carbocycles. The van der Waals surface area contributed by atoms with Gasteiger partial charge in [-0.25, -0.2) is 0 Å². The number of thioether (sulfide) groups is 1. The number of fused-ring (bicyclic) bond motifs is 1. The van der Waals surface area contributed by atoms with Gasteiger partial charge in [0.25, 0.3) is 0 Å². The summed E-state index contributed by atoms with van der Waals surface area (Å²) in [5.41, 5.74) is 0. The fourth-order valence-corrected chi connectivity index (χ4v) is 3.48. The molecule has 0 spiro atoms. The van der Waals surface area contributed by atoms with Gasteiger partial charge in [-0.15, -0.1) is 0 Å². The fraction of sp³-hybridized carbons (Fsp3) is 0.923. The van der Waals surface area contributed by atoms with Crippen molar-refractivity contribution in [3.05, 3.63) is 0 Å². The minimum Gasteiger partial charge on any atom is -0.355 e. The van der Waals surface area contributed by atoms with Crippen molar-refractivity contribution >= 4 is 17.7 Å². The quantitative estimate of drug-likeness (QED) is 0.475. The number of guanidine groups is 1. The Morgan fingerprint density at radius 1 is 1.29 bits per heavy atom. The Balaban J connectivity index is 1.84. The summed E-state index contributed by atoms with van der Waals surface area (Å²) in [4.78, 5) is 6.90. The summed E-state index contributed by atoms with van der Waals surface area (Å²) in [6.45, 7) is 3.48. The van der Waals surface area contributed by atoms with Gasteiger partial charge in [0.1, 0.15) is 0 Å². The molecular formula is C13H25N3S. The van der Waals surface area contributed by atoms with E-state index in [1.807, 2.05) is 18.8 Å². The van der Waals surface area contributed by atoms with Gasteiger partial charge < -0.3 is 10.2 Å². The van der Waals surface area contributed by atoms with E-state index in [9.17, 15) is 0 Å². The van der Waals surface area contributed by atoms with Crippen LogP contribution in [0.15, 0.2) is 4.99 Å². The van der Waals surface area contributed by atoms with Crippen LogP contribution in [-0.4, -0.2) is 49.6 Å². The first-order valence-electron chi connectivity index (χ1n) is 6.79. The number of aliphatic imine (C=N–C) groups is 1. The third kappa shape index (κ3) is 3.30. The van der Waals surface area contributed by atoms with Crippen molar-refractivity contribution in [2.45, 2.75) is 25.7 Å². The Morgan fingerprint density at radius 3 is 2.47 bits per heavy atom. The third-order valence-electron chi connectivity index (χ3n) is 4.08. The van der Waals surface area contributed by atoms with Crippen LogP contribution in [0.5, 0.6) is 0 Å². The van der Waals surface area contributed by atoms with Gasteiger partial charge in [-0.3, -0.25) is 4.99 Å². The SMILES string of the molecule is CN=C(NCCSC)N1CC2CCCCC2C1. The minimum atomic E-state index is 0.933. The topological polar surface area (TPSA) is 27.6 Å². The standard InChI is InChI=1S/C13H25N3S/c1-14-13(15-7-8-17-2)16-9-11-5-3-4-6-12(11)10-16/h11-12H,3-10H2,1-2H3,(H,14,15). The van der Waals surface area contributed by atoms with Crippen LogP contribution in [0.25, 0.3) is 0 Å². The summed E-state index contributed by atoms with van der Waals surface area (Å²) >= 11 is 1.88. The molecule has 3 nitrogen and oxygen atoms in total. The van der Waals surface area contributed by atoms with E-state index < -0.39 is 0 Å². The first kappa shape index (κ1) is 13.1. The van der Waals surface area contributed by atoms with Crippen molar-refractivity contribution in [3.8, 4) is 0 Å². The normalized spacial score (nSPS) is 29.3. The maximum Gasteiger partial charge on any atom is 0.193 e. The molecule has 2 atom stereocenters. The second kappa shape index (κ2) is 6.53. The van der Waals surface area contributed by atoms with E-state index in [1.54, 1.807) is 0 Å². The Morgan fingerprint density at radius 2 is 1.94 bits per heavy atom. The Hall–Kier alpha value is -0.380. The predicted molar refractivity (Wildman–Crippen MR) is 76.8 cm³/mol. The molecule has 0 aromatic carbocycles. The summed E-state index contributed by atoms with van der Waals surface area (Å²) in [5, 5.41) is 3.48. The summed E-state index contributed by atoms with van der Waals surface area (Å²) in [7, 11) is 1.91. The Bertz CT molecular complexity index is 253. The molecule has 1 aliphatic heterocycles. The lowest BCUT2D eigenvalue weighted by Gasteiger charge is -2.22. The lowest BCUT2D eigenvalue weighted by Crippen LogP contribution is -2.41. The van der Waals surface area contributed by atoms with Gasteiger partial charge in [-0.2, -0.15) is 11.8 Å². The Labute approximate surface area is 109 Å². The summed E-state index contributed by atoms with van der Waals surface area (Å²) in [6.07, 6.45) is 7.89. The maximum absolute atomic E-state index is 4.42. The lowest BCUT2D eigenvalue weighted by atomic mass is 9.82. The van der Waals surface area contributed by atoms with Crippen molar-refractivity contribution in [3.63, 3.8) is 0 Å². The van der Waals surface area contributed by atoms with Crippen LogP contribution in [0.4, 0.5) is 0 Å². The number of nitrogens with zero attached hydrogens (tertiary/aromatic N) is 2. The zero-order valence-electron chi connectivity index (χ0n) is 11.1. The molecule has 0 radical (unpaired) electrons.